The summed E-state index contributed by atoms with van der Waals surface area (Å²) in [6, 6.07) is 22.5. The van der Waals surface area contributed by atoms with Crippen molar-refractivity contribution in [1.82, 2.24) is 14.8 Å². The lowest BCUT2D eigenvalue weighted by atomic mass is 10.3. The maximum Gasteiger partial charge on any atom is 0.234 e. The standard InChI is InChI=1S/C25H24ClN5O3S/c1-33-21-11-7-6-10-20(21)27-15-23-29-30-25(31(23)18-8-4-3-5-9-18)35-16-24(32)28-17-12-13-19(26)22(14-17)34-2/h3-14,27H,15-16H2,1-2H3,(H,28,32). The number of rotatable bonds is 10. The van der Waals surface area contributed by atoms with Crippen LogP contribution < -0.4 is 20.1 Å². The third-order valence-electron chi connectivity index (χ3n) is 5.03. The molecular formula is C25H24ClN5O3S. The average Bonchev–Trinajstić information content (AvgIpc) is 3.30. The first-order valence-electron chi connectivity index (χ1n) is 10.7. The third-order valence-corrected chi connectivity index (χ3v) is 6.27. The molecule has 4 rings (SSSR count). The number of methoxy groups -OCH3 is 2. The number of benzene rings is 3. The Labute approximate surface area is 212 Å². The van der Waals surface area contributed by atoms with E-state index in [0.717, 1.165) is 17.1 Å². The Morgan fingerprint density at radius 2 is 1.71 bits per heavy atom. The molecule has 4 aromatic rings. The van der Waals surface area contributed by atoms with Crippen LogP contribution in [-0.2, 0) is 11.3 Å². The molecule has 2 N–H and O–H groups in total. The lowest BCUT2D eigenvalue weighted by Gasteiger charge is -2.13. The summed E-state index contributed by atoms with van der Waals surface area (Å²) >= 11 is 7.36. The second kappa shape index (κ2) is 11.6. The largest absolute Gasteiger partial charge is 0.495 e. The molecule has 180 valence electrons. The van der Waals surface area contributed by atoms with E-state index in [9.17, 15) is 4.79 Å². The van der Waals surface area contributed by atoms with E-state index in [-0.39, 0.29) is 11.7 Å². The van der Waals surface area contributed by atoms with Crippen LogP contribution in [0.5, 0.6) is 11.5 Å². The molecule has 0 aliphatic rings. The molecule has 0 aliphatic heterocycles. The van der Waals surface area contributed by atoms with Crippen LogP contribution >= 0.6 is 23.4 Å². The Bertz CT molecular complexity index is 1300. The van der Waals surface area contributed by atoms with Crippen LogP contribution in [0.1, 0.15) is 5.82 Å². The zero-order valence-electron chi connectivity index (χ0n) is 19.2. The van der Waals surface area contributed by atoms with E-state index in [0.29, 0.717) is 34.0 Å². The first-order chi connectivity index (χ1) is 17.1. The molecule has 0 spiro atoms. The lowest BCUT2D eigenvalue weighted by molar-refractivity contribution is -0.113. The smallest absolute Gasteiger partial charge is 0.234 e. The molecule has 1 heterocycles. The van der Waals surface area contributed by atoms with Crippen molar-refractivity contribution in [1.29, 1.82) is 0 Å². The predicted molar refractivity (Wildman–Crippen MR) is 139 cm³/mol. The van der Waals surface area contributed by atoms with Crippen LogP contribution in [-0.4, -0.2) is 40.6 Å². The molecule has 0 bridgehead atoms. The van der Waals surface area contributed by atoms with Gasteiger partial charge in [-0.15, -0.1) is 10.2 Å². The number of hydrogen-bond acceptors (Lipinski definition) is 7. The minimum Gasteiger partial charge on any atom is -0.495 e. The van der Waals surface area contributed by atoms with Gasteiger partial charge in [-0.25, -0.2) is 0 Å². The SMILES string of the molecule is COc1cc(NC(=O)CSc2nnc(CNc3ccccc3OC)n2-c2ccccc2)ccc1Cl. The summed E-state index contributed by atoms with van der Waals surface area (Å²) < 4.78 is 12.6. The number of thioether (sulfide) groups is 1. The van der Waals surface area contributed by atoms with Crippen LogP contribution in [0.25, 0.3) is 5.69 Å². The molecule has 0 aliphatic carbocycles. The van der Waals surface area contributed by atoms with Gasteiger partial charge in [0.1, 0.15) is 11.5 Å². The van der Waals surface area contributed by atoms with Gasteiger partial charge in [0, 0.05) is 17.4 Å². The summed E-state index contributed by atoms with van der Waals surface area (Å²) in [4.78, 5) is 12.6. The molecule has 8 nitrogen and oxygen atoms in total. The molecule has 3 aromatic carbocycles. The first kappa shape index (κ1) is 24.4. The van der Waals surface area contributed by atoms with Gasteiger partial charge in [0.2, 0.25) is 5.91 Å². The molecule has 10 heteroatoms. The zero-order chi connectivity index (χ0) is 24.6. The van der Waals surface area contributed by atoms with Crippen molar-refractivity contribution in [3.63, 3.8) is 0 Å². The highest BCUT2D eigenvalue weighted by Crippen LogP contribution is 2.28. The second-order valence-corrected chi connectivity index (χ2v) is 8.66. The van der Waals surface area contributed by atoms with Crippen molar-refractivity contribution in [2.24, 2.45) is 0 Å². The molecule has 35 heavy (non-hydrogen) atoms. The van der Waals surface area contributed by atoms with E-state index in [1.54, 1.807) is 25.3 Å². The van der Waals surface area contributed by atoms with Crippen LogP contribution in [0.4, 0.5) is 11.4 Å². The molecule has 0 unspecified atom stereocenters. The normalized spacial score (nSPS) is 10.6. The number of para-hydroxylation sites is 3. The Kier molecular flexibility index (Phi) is 8.12. The fourth-order valence-corrected chi connectivity index (χ4v) is 4.34. The van der Waals surface area contributed by atoms with Crippen molar-refractivity contribution in [2.45, 2.75) is 11.7 Å². The number of halogens is 1. The Morgan fingerprint density at radius 3 is 2.49 bits per heavy atom. The Hall–Kier alpha value is -3.69. The number of carbonyl (C=O) groups excluding carboxylic acids is 1. The van der Waals surface area contributed by atoms with E-state index in [4.69, 9.17) is 21.1 Å². The van der Waals surface area contributed by atoms with Gasteiger partial charge < -0.3 is 20.1 Å². The summed E-state index contributed by atoms with van der Waals surface area (Å²) in [5.74, 6) is 1.90. The minimum absolute atomic E-state index is 0.149. The van der Waals surface area contributed by atoms with Gasteiger partial charge in [-0.2, -0.15) is 0 Å². The van der Waals surface area contributed by atoms with Gasteiger partial charge in [-0.3, -0.25) is 9.36 Å². The van der Waals surface area contributed by atoms with Gasteiger partial charge in [0.05, 0.1) is 37.2 Å². The summed E-state index contributed by atoms with van der Waals surface area (Å²) in [5, 5.41) is 16.0. The first-order valence-corrected chi connectivity index (χ1v) is 12.1. The average molecular weight is 510 g/mol. The highest BCUT2D eigenvalue weighted by Gasteiger charge is 2.16. The highest BCUT2D eigenvalue weighted by molar-refractivity contribution is 7.99. The van der Waals surface area contributed by atoms with Crippen LogP contribution in [0, 0.1) is 0 Å². The number of carbonyl (C=O) groups is 1. The van der Waals surface area contributed by atoms with E-state index in [1.165, 1.54) is 18.9 Å². The number of amides is 1. The van der Waals surface area contributed by atoms with E-state index in [2.05, 4.69) is 20.8 Å². The molecule has 0 atom stereocenters. The predicted octanol–water partition coefficient (Wildman–Crippen LogP) is 5.28. The van der Waals surface area contributed by atoms with Gasteiger partial charge in [-0.1, -0.05) is 53.7 Å². The third kappa shape index (κ3) is 6.06. The summed E-state index contributed by atoms with van der Waals surface area (Å²) in [5.41, 5.74) is 2.35. The monoisotopic (exact) mass is 509 g/mol. The minimum atomic E-state index is -0.185. The molecule has 0 fully saturated rings. The topological polar surface area (TPSA) is 90.3 Å². The van der Waals surface area contributed by atoms with Crippen molar-refractivity contribution in [3.05, 3.63) is 83.6 Å². The molecule has 0 radical (unpaired) electrons. The van der Waals surface area contributed by atoms with E-state index >= 15 is 0 Å². The Balaban J connectivity index is 1.49. The van der Waals surface area contributed by atoms with E-state index < -0.39 is 0 Å². The Morgan fingerprint density at radius 1 is 0.971 bits per heavy atom. The lowest BCUT2D eigenvalue weighted by Crippen LogP contribution is -2.15. The number of hydrogen-bond donors (Lipinski definition) is 2. The number of nitrogens with one attached hydrogen (secondary N) is 2. The fourth-order valence-electron chi connectivity index (χ4n) is 3.37. The summed E-state index contributed by atoms with van der Waals surface area (Å²) in [7, 11) is 3.16. The number of anilines is 2. The molecule has 0 saturated heterocycles. The molecule has 0 saturated carbocycles. The molecular weight excluding hydrogens is 486 g/mol. The zero-order valence-corrected chi connectivity index (χ0v) is 20.8. The fraction of sp³-hybridized carbons (Fsp3) is 0.160. The second-order valence-electron chi connectivity index (χ2n) is 7.31. The van der Waals surface area contributed by atoms with Crippen LogP contribution in [0.3, 0.4) is 0 Å². The number of aromatic nitrogens is 3. The highest BCUT2D eigenvalue weighted by atomic mass is 35.5. The van der Waals surface area contributed by atoms with Crippen molar-refractivity contribution in [2.75, 3.05) is 30.6 Å². The van der Waals surface area contributed by atoms with Crippen LogP contribution in [0.15, 0.2) is 78.0 Å². The maximum absolute atomic E-state index is 12.6. The van der Waals surface area contributed by atoms with Gasteiger partial charge >= 0.3 is 0 Å². The van der Waals surface area contributed by atoms with Gasteiger partial charge in [0.15, 0.2) is 11.0 Å². The van der Waals surface area contributed by atoms with Crippen molar-refractivity contribution >= 4 is 40.6 Å². The van der Waals surface area contributed by atoms with E-state index in [1.807, 2.05) is 59.2 Å². The van der Waals surface area contributed by atoms with Gasteiger partial charge in [0.25, 0.3) is 0 Å². The summed E-state index contributed by atoms with van der Waals surface area (Å²) in [6.07, 6.45) is 0. The number of ether oxygens (including phenoxy) is 2. The quantitative estimate of drug-likeness (QED) is 0.281. The maximum atomic E-state index is 12.6. The number of nitrogens with zero attached hydrogens (tertiary/aromatic N) is 3. The van der Waals surface area contributed by atoms with Gasteiger partial charge in [-0.05, 0) is 36.4 Å². The summed E-state index contributed by atoms with van der Waals surface area (Å²) in [6.45, 7) is 0.416. The van der Waals surface area contributed by atoms with Crippen molar-refractivity contribution < 1.29 is 14.3 Å². The van der Waals surface area contributed by atoms with Crippen molar-refractivity contribution in [3.8, 4) is 17.2 Å². The molecule has 1 amide bonds. The molecule has 1 aromatic heterocycles. The van der Waals surface area contributed by atoms with Crippen LogP contribution in [0.2, 0.25) is 5.02 Å².